The predicted molar refractivity (Wildman–Crippen MR) is 114 cm³/mol. The monoisotopic (exact) mass is 425 g/mol. The number of nitrogens with zero attached hydrogens (tertiary/aromatic N) is 2. The molecule has 1 aromatic heterocycles. The largest absolute Gasteiger partial charge is 0.486 e. The van der Waals surface area contributed by atoms with Crippen LogP contribution in [0.4, 0.5) is 15.8 Å². The van der Waals surface area contributed by atoms with E-state index in [1.54, 1.807) is 30.0 Å². The second-order valence-electron chi connectivity index (χ2n) is 6.88. The van der Waals surface area contributed by atoms with Gasteiger partial charge in [-0.3, -0.25) is 9.59 Å². The average molecular weight is 425 g/mol. The first-order valence-corrected chi connectivity index (χ1v) is 10.4. The van der Waals surface area contributed by atoms with Crippen molar-refractivity contribution < 1.29 is 18.7 Å². The van der Waals surface area contributed by atoms with Crippen LogP contribution in [-0.4, -0.2) is 23.3 Å². The van der Waals surface area contributed by atoms with E-state index < -0.39 is 0 Å². The van der Waals surface area contributed by atoms with Gasteiger partial charge < -0.3 is 15.0 Å². The van der Waals surface area contributed by atoms with Crippen LogP contribution in [0, 0.1) is 12.7 Å². The number of thiazole rings is 1. The van der Waals surface area contributed by atoms with Crippen molar-refractivity contribution in [3.05, 3.63) is 69.9 Å². The van der Waals surface area contributed by atoms with Gasteiger partial charge in [0.25, 0.3) is 5.91 Å². The molecule has 0 saturated carbocycles. The molecule has 0 unspecified atom stereocenters. The number of hydrogen-bond acceptors (Lipinski definition) is 5. The summed E-state index contributed by atoms with van der Waals surface area (Å²) in [6.07, 6.45) is 1.33. The molecular weight excluding hydrogens is 405 g/mol. The molecular formula is C22H20FN3O3S. The first kappa shape index (κ1) is 20.0. The zero-order chi connectivity index (χ0) is 21.1. The number of anilines is 2. The fraction of sp³-hybridized carbons (Fsp3) is 0.227. The van der Waals surface area contributed by atoms with E-state index in [0.29, 0.717) is 45.7 Å². The van der Waals surface area contributed by atoms with Crippen molar-refractivity contribution >= 4 is 34.5 Å². The maximum atomic E-state index is 13.0. The van der Waals surface area contributed by atoms with Crippen molar-refractivity contribution in [1.82, 2.24) is 4.98 Å². The van der Waals surface area contributed by atoms with E-state index >= 15 is 0 Å². The summed E-state index contributed by atoms with van der Waals surface area (Å²) < 4.78 is 18.6. The third-order valence-corrected chi connectivity index (χ3v) is 5.87. The van der Waals surface area contributed by atoms with Gasteiger partial charge in [0, 0.05) is 13.0 Å². The van der Waals surface area contributed by atoms with E-state index in [9.17, 15) is 14.0 Å². The Balaban J connectivity index is 1.47. The molecule has 3 aromatic rings. The zero-order valence-electron chi connectivity index (χ0n) is 16.4. The number of aryl methyl sites for hydroxylation is 1. The van der Waals surface area contributed by atoms with Crippen molar-refractivity contribution in [1.29, 1.82) is 0 Å². The number of rotatable bonds is 6. The third-order valence-electron chi connectivity index (χ3n) is 4.74. The summed E-state index contributed by atoms with van der Waals surface area (Å²) in [5.41, 5.74) is 1.90. The molecule has 0 radical (unpaired) electrons. The van der Waals surface area contributed by atoms with Crippen LogP contribution in [0.5, 0.6) is 5.75 Å². The number of nitrogens with one attached hydrogen (secondary N) is 1. The Labute approximate surface area is 177 Å². The Morgan fingerprint density at radius 3 is 2.73 bits per heavy atom. The normalized spacial score (nSPS) is 13.5. The minimum Gasteiger partial charge on any atom is -0.486 e. The van der Waals surface area contributed by atoms with E-state index in [-0.39, 0.29) is 24.2 Å². The molecule has 0 atom stereocenters. The number of hydrogen-bond donors (Lipinski definition) is 1. The quantitative estimate of drug-likeness (QED) is 0.629. The first-order valence-electron chi connectivity index (χ1n) is 9.56. The fourth-order valence-electron chi connectivity index (χ4n) is 3.30. The summed E-state index contributed by atoms with van der Waals surface area (Å²) in [6.45, 7) is 2.60. The maximum absolute atomic E-state index is 13.0. The number of carbonyl (C=O) groups is 2. The highest BCUT2D eigenvalue weighted by atomic mass is 32.1. The van der Waals surface area contributed by atoms with Gasteiger partial charge in [0.2, 0.25) is 5.91 Å². The SMILES string of the molecule is Cc1nc(COc2ccc(F)cc2)sc1C(=O)Nc1ccccc1N1CCCC1=O. The number of benzene rings is 2. The number of ether oxygens (including phenoxy) is 1. The molecule has 1 aliphatic heterocycles. The van der Waals surface area contributed by atoms with Crippen molar-refractivity contribution in [2.24, 2.45) is 0 Å². The number of aromatic nitrogens is 1. The Kier molecular flexibility index (Phi) is 5.76. The van der Waals surface area contributed by atoms with Crippen LogP contribution in [0.2, 0.25) is 0 Å². The summed E-state index contributed by atoms with van der Waals surface area (Å²) in [4.78, 5) is 31.6. The van der Waals surface area contributed by atoms with Crippen LogP contribution in [0.25, 0.3) is 0 Å². The summed E-state index contributed by atoms with van der Waals surface area (Å²) >= 11 is 1.25. The van der Waals surface area contributed by atoms with Crippen LogP contribution in [0.1, 0.15) is 33.2 Å². The molecule has 0 aliphatic carbocycles. The van der Waals surface area contributed by atoms with Gasteiger partial charge in [-0.15, -0.1) is 11.3 Å². The number of halogens is 1. The molecule has 2 amide bonds. The minimum atomic E-state index is -0.331. The smallest absolute Gasteiger partial charge is 0.267 e. The highest BCUT2D eigenvalue weighted by Crippen LogP contribution is 2.30. The summed E-state index contributed by atoms with van der Waals surface area (Å²) in [6, 6.07) is 13.0. The van der Waals surface area contributed by atoms with Crippen molar-refractivity contribution in [3.8, 4) is 5.75 Å². The first-order chi connectivity index (χ1) is 14.5. The lowest BCUT2D eigenvalue weighted by Crippen LogP contribution is -2.25. The van der Waals surface area contributed by atoms with Crippen LogP contribution in [-0.2, 0) is 11.4 Å². The molecule has 6 nitrogen and oxygen atoms in total. The average Bonchev–Trinajstić information content (AvgIpc) is 3.33. The second-order valence-corrected chi connectivity index (χ2v) is 7.97. The Bertz CT molecular complexity index is 1080. The molecule has 2 aromatic carbocycles. The van der Waals surface area contributed by atoms with Crippen molar-refractivity contribution in [2.75, 3.05) is 16.8 Å². The third kappa shape index (κ3) is 4.33. The van der Waals surface area contributed by atoms with Gasteiger partial charge in [-0.1, -0.05) is 12.1 Å². The summed E-state index contributed by atoms with van der Waals surface area (Å²) in [5, 5.41) is 3.56. The number of carbonyl (C=O) groups excluding carboxylic acids is 2. The fourth-order valence-corrected chi connectivity index (χ4v) is 4.17. The van der Waals surface area contributed by atoms with Gasteiger partial charge in [-0.05, 0) is 49.7 Å². The van der Waals surface area contributed by atoms with Gasteiger partial charge >= 0.3 is 0 Å². The van der Waals surface area contributed by atoms with Crippen LogP contribution < -0.4 is 15.0 Å². The van der Waals surface area contributed by atoms with E-state index in [1.807, 2.05) is 18.2 Å². The standard InChI is InChI=1S/C22H20FN3O3S/c1-14-21(30-19(24-14)13-29-16-10-8-15(23)9-11-16)22(28)25-17-5-2-3-6-18(17)26-12-4-7-20(26)27/h2-3,5-6,8-11H,4,7,12-13H2,1H3,(H,25,28). The van der Waals surface area contributed by atoms with Gasteiger partial charge in [-0.25, -0.2) is 9.37 Å². The molecule has 0 spiro atoms. The van der Waals surface area contributed by atoms with E-state index in [0.717, 1.165) is 6.42 Å². The second kappa shape index (κ2) is 8.62. The predicted octanol–water partition coefficient (Wildman–Crippen LogP) is 4.55. The van der Waals surface area contributed by atoms with Crippen molar-refractivity contribution in [2.45, 2.75) is 26.4 Å². The summed E-state index contributed by atoms with van der Waals surface area (Å²) in [5.74, 6) is -0.0233. The summed E-state index contributed by atoms with van der Waals surface area (Å²) in [7, 11) is 0. The maximum Gasteiger partial charge on any atom is 0.267 e. The molecule has 1 aliphatic rings. The van der Waals surface area contributed by atoms with Gasteiger partial charge in [-0.2, -0.15) is 0 Å². The van der Waals surface area contributed by atoms with Crippen LogP contribution in [0.15, 0.2) is 48.5 Å². The minimum absolute atomic E-state index is 0.0610. The molecule has 30 heavy (non-hydrogen) atoms. The van der Waals surface area contributed by atoms with Gasteiger partial charge in [0.1, 0.15) is 28.1 Å². The molecule has 154 valence electrons. The molecule has 1 saturated heterocycles. The van der Waals surface area contributed by atoms with Gasteiger partial charge in [0.05, 0.1) is 17.1 Å². The van der Waals surface area contributed by atoms with E-state index in [2.05, 4.69) is 10.3 Å². The zero-order valence-corrected chi connectivity index (χ0v) is 17.2. The van der Waals surface area contributed by atoms with Gasteiger partial charge in [0.15, 0.2) is 0 Å². The lowest BCUT2D eigenvalue weighted by molar-refractivity contribution is -0.117. The van der Waals surface area contributed by atoms with E-state index in [4.69, 9.17) is 4.74 Å². The lowest BCUT2D eigenvalue weighted by atomic mass is 10.2. The Morgan fingerprint density at radius 2 is 2.00 bits per heavy atom. The molecule has 8 heteroatoms. The molecule has 2 heterocycles. The van der Waals surface area contributed by atoms with Crippen LogP contribution in [0.3, 0.4) is 0 Å². The van der Waals surface area contributed by atoms with Crippen LogP contribution >= 0.6 is 11.3 Å². The van der Waals surface area contributed by atoms with E-state index in [1.165, 1.54) is 23.5 Å². The highest BCUT2D eigenvalue weighted by Gasteiger charge is 2.25. The topological polar surface area (TPSA) is 71.5 Å². The molecule has 0 bridgehead atoms. The Hall–Kier alpha value is -3.26. The number of amides is 2. The highest BCUT2D eigenvalue weighted by molar-refractivity contribution is 7.13. The lowest BCUT2D eigenvalue weighted by Gasteiger charge is -2.19. The molecule has 4 rings (SSSR count). The Morgan fingerprint density at radius 1 is 1.23 bits per heavy atom. The molecule has 1 fully saturated rings. The molecule has 1 N–H and O–H groups in total. The van der Waals surface area contributed by atoms with Crippen molar-refractivity contribution in [3.63, 3.8) is 0 Å². The number of para-hydroxylation sites is 2.